The monoisotopic (exact) mass is 261 g/mol. The molecule has 2 aromatic rings. The Morgan fingerprint density at radius 3 is 2.68 bits per heavy atom. The molecule has 0 aliphatic carbocycles. The number of pyridine rings is 1. The Bertz CT molecular complexity index is 619. The summed E-state index contributed by atoms with van der Waals surface area (Å²) in [5, 5.41) is 4.31. The average Bonchev–Trinajstić information content (AvgIpc) is 2.61. The molecule has 0 unspecified atom stereocenters. The predicted molar refractivity (Wildman–Crippen MR) is 69.5 cm³/mol. The van der Waals surface area contributed by atoms with E-state index in [9.17, 15) is 9.18 Å². The molecule has 0 amide bonds. The fraction of sp³-hybridized carbons (Fsp3) is 0.357. The number of carbonyl (C=O) groups is 1. The van der Waals surface area contributed by atoms with Crippen molar-refractivity contribution in [2.75, 3.05) is 0 Å². The van der Waals surface area contributed by atoms with Gasteiger partial charge in [0.05, 0.1) is 11.9 Å². The van der Waals surface area contributed by atoms with Crippen molar-refractivity contribution in [1.29, 1.82) is 0 Å². The molecule has 4 nitrogen and oxygen atoms in total. The second-order valence-electron chi connectivity index (χ2n) is 4.59. The fourth-order valence-electron chi connectivity index (χ4n) is 2.13. The number of ketones is 1. The largest absolute Gasteiger partial charge is 0.294 e. The molecule has 5 heteroatoms. The second-order valence-corrected chi connectivity index (χ2v) is 4.59. The molecule has 0 saturated carbocycles. The standard InChI is InChI=1S/C14H16FN3O/c1-9-13(10(2)18(3)17-9)4-5-14(19)11-6-12(15)8-16-7-11/h6-8H,4-5H2,1-3H3. The van der Waals surface area contributed by atoms with Crippen molar-refractivity contribution in [3.63, 3.8) is 0 Å². The van der Waals surface area contributed by atoms with E-state index in [0.29, 0.717) is 18.4 Å². The van der Waals surface area contributed by atoms with Crippen molar-refractivity contribution < 1.29 is 9.18 Å². The molecule has 0 radical (unpaired) electrons. The number of carbonyl (C=O) groups excluding carboxylic acids is 1. The number of hydrogen-bond acceptors (Lipinski definition) is 3. The Hall–Kier alpha value is -2.04. The molecule has 0 fully saturated rings. The van der Waals surface area contributed by atoms with Gasteiger partial charge in [0.2, 0.25) is 0 Å². The lowest BCUT2D eigenvalue weighted by molar-refractivity contribution is 0.0982. The first-order chi connectivity index (χ1) is 8.99. The maximum atomic E-state index is 13.0. The summed E-state index contributed by atoms with van der Waals surface area (Å²) < 4.78 is 14.8. The Labute approximate surface area is 111 Å². The van der Waals surface area contributed by atoms with Crippen molar-refractivity contribution in [3.05, 3.63) is 46.8 Å². The SMILES string of the molecule is Cc1nn(C)c(C)c1CCC(=O)c1cncc(F)c1. The van der Waals surface area contributed by atoms with Gasteiger partial charge < -0.3 is 0 Å². The van der Waals surface area contributed by atoms with Crippen molar-refractivity contribution in [2.45, 2.75) is 26.7 Å². The molecule has 0 atom stereocenters. The Kier molecular flexibility index (Phi) is 3.74. The van der Waals surface area contributed by atoms with Crippen LogP contribution in [0, 0.1) is 19.7 Å². The van der Waals surface area contributed by atoms with Crippen molar-refractivity contribution in [1.82, 2.24) is 14.8 Å². The molecule has 2 rings (SSSR count). The number of Topliss-reactive ketones (excluding diaryl/α,β-unsaturated/α-hetero) is 1. The Morgan fingerprint density at radius 1 is 1.37 bits per heavy atom. The van der Waals surface area contributed by atoms with Crippen molar-refractivity contribution in [2.24, 2.45) is 7.05 Å². The summed E-state index contributed by atoms with van der Waals surface area (Å²) in [6, 6.07) is 1.22. The zero-order valence-corrected chi connectivity index (χ0v) is 11.3. The zero-order valence-electron chi connectivity index (χ0n) is 11.3. The average molecular weight is 261 g/mol. The van der Waals surface area contributed by atoms with E-state index in [2.05, 4.69) is 10.1 Å². The van der Waals surface area contributed by atoms with Crippen LogP contribution in [-0.4, -0.2) is 20.5 Å². The van der Waals surface area contributed by atoms with E-state index in [-0.39, 0.29) is 5.78 Å². The summed E-state index contributed by atoms with van der Waals surface area (Å²) in [6.07, 6.45) is 3.43. The molecule has 2 heterocycles. The van der Waals surface area contributed by atoms with Crippen molar-refractivity contribution in [3.8, 4) is 0 Å². The predicted octanol–water partition coefficient (Wildman–Crippen LogP) is 2.39. The first kappa shape index (κ1) is 13.4. The van der Waals surface area contributed by atoms with Gasteiger partial charge >= 0.3 is 0 Å². The molecule has 0 N–H and O–H groups in total. The number of aromatic nitrogens is 3. The van der Waals surface area contributed by atoms with E-state index in [4.69, 9.17) is 0 Å². The molecule has 0 spiro atoms. The minimum absolute atomic E-state index is 0.102. The molecule has 0 saturated heterocycles. The molecule has 0 aliphatic rings. The van der Waals surface area contributed by atoms with Gasteiger partial charge in [-0.3, -0.25) is 14.5 Å². The first-order valence-electron chi connectivity index (χ1n) is 6.12. The highest BCUT2D eigenvalue weighted by atomic mass is 19.1. The van der Waals surface area contributed by atoms with Crippen LogP contribution in [0.1, 0.15) is 33.7 Å². The Morgan fingerprint density at radius 2 is 2.11 bits per heavy atom. The van der Waals surface area contributed by atoms with Crippen LogP contribution in [0.3, 0.4) is 0 Å². The van der Waals surface area contributed by atoms with Gasteiger partial charge in [0.25, 0.3) is 0 Å². The minimum atomic E-state index is -0.486. The number of rotatable bonds is 4. The first-order valence-corrected chi connectivity index (χ1v) is 6.12. The van der Waals surface area contributed by atoms with Gasteiger partial charge in [-0.25, -0.2) is 4.39 Å². The molecular formula is C14H16FN3O. The summed E-state index contributed by atoms with van der Waals surface area (Å²) in [6.45, 7) is 3.90. The van der Waals surface area contributed by atoms with Gasteiger partial charge in [0, 0.05) is 30.9 Å². The van der Waals surface area contributed by atoms with E-state index >= 15 is 0 Å². The van der Waals surface area contributed by atoms with E-state index in [1.807, 2.05) is 20.9 Å². The molecule has 2 aromatic heterocycles. The maximum Gasteiger partial charge on any atom is 0.164 e. The molecular weight excluding hydrogens is 245 g/mol. The highest BCUT2D eigenvalue weighted by molar-refractivity contribution is 5.95. The minimum Gasteiger partial charge on any atom is -0.294 e. The van der Waals surface area contributed by atoms with E-state index in [1.54, 1.807) is 4.68 Å². The summed E-state index contributed by atoms with van der Waals surface area (Å²) in [7, 11) is 1.88. The zero-order chi connectivity index (χ0) is 14.0. The van der Waals surface area contributed by atoms with E-state index in [1.165, 1.54) is 12.3 Å². The van der Waals surface area contributed by atoms with Gasteiger partial charge in [-0.2, -0.15) is 5.10 Å². The normalized spacial score (nSPS) is 10.7. The second kappa shape index (κ2) is 5.30. The number of nitrogens with zero attached hydrogens (tertiary/aromatic N) is 3. The number of hydrogen-bond donors (Lipinski definition) is 0. The van der Waals surface area contributed by atoms with E-state index in [0.717, 1.165) is 23.1 Å². The van der Waals surface area contributed by atoms with Gasteiger partial charge in [0.1, 0.15) is 5.82 Å². The molecule has 19 heavy (non-hydrogen) atoms. The van der Waals surface area contributed by atoms with Crippen LogP contribution in [0.2, 0.25) is 0 Å². The van der Waals surface area contributed by atoms with Gasteiger partial charge in [-0.15, -0.1) is 0 Å². The van der Waals surface area contributed by atoms with Crippen LogP contribution in [0.15, 0.2) is 18.5 Å². The number of aryl methyl sites for hydroxylation is 2. The van der Waals surface area contributed by atoms with Crippen molar-refractivity contribution >= 4 is 5.78 Å². The van der Waals surface area contributed by atoms with Crippen LogP contribution in [0.4, 0.5) is 4.39 Å². The quantitative estimate of drug-likeness (QED) is 0.794. The van der Waals surface area contributed by atoms with Crippen LogP contribution in [-0.2, 0) is 13.5 Å². The fourth-order valence-corrected chi connectivity index (χ4v) is 2.13. The Balaban J connectivity index is 2.09. The maximum absolute atomic E-state index is 13.0. The van der Waals surface area contributed by atoms with Gasteiger partial charge in [-0.1, -0.05) is 0 Å². The van der Waals surface area contributed by atoms with Crippen LogP contribution in [0.25, 0.3) is 0 Å². The molecule has 0 aliphatic heterocycles. The molecule has 0 bridgehead atoms. The van der Waals surface area contributed by atoms with Crippen LogP contribution >= 0.6 is 0 Å². The highest BCUT2D eigenvalue weighted by Crippen LogP contribution is 2.15. The lowest BCUT2D eigenvalue weighted by atomic mass is 10.0. The van der Waals surface area contributed by atoms with E-state index < -0.39 is 5.82 Å². The summed E-state index contributed by atoms with van der Waals surface area (Å²) in [5.41, 5.74) is 3.40. The third-order valence-corrected chi connectivity index (χ3v) is 3.29. The molecule has 0 aromatic carbocycles. The summed E-state index contributed by atoms with van der Waals surface area (Å²) >= 11 is 0. The van der Waals surface area contributed by atoms with Gasteiger partial charge in [0.15, 0.2) is 5.78 Å². The lowest BCUT2D eigenvalue weighted by Gasteiger charge is -2.02. The number of halogens is 1. The smallest absolute Gasteiger partial charge is 0.164 e. The topological polar surface area (TPSA) is 47.8 Å². The summed E-state index contributed by atoms with van der Waals surface area (Å²) in [4.78, 5) is 15.7. The summed E-state index contributed by atoms with van der Waals surface area (Å²) in [5.74, 6) is -0.589. The van der Waals surface area contributed by atoms with Gasteiger partial charge in [-0.05, 0) is 31.9 Å². The van der Waals surface area contributed by atoms with Crippen LogP contribution in [0.5, 0.6) is 0 Å². The third kappa shape index (κ3) is 2.86. The lowest BCUT2D eigenvalue weighted by Crippen LogP contribution is -2.03. The van der Waals surface area contributed by atoms with Crippen LogP contribution < -0.4 is 0 Å². The molecule has 100 valence electrons. The third-order valence-electron chi connectivity index (χ3n) is 3.29. The highest BCUT2D eigenvalue weighted by Gasteiger charge is 2.13.